The topological polar surface area (TPSA) is 92.9 Å². The molecule has 4 rings (SSSR count). The van der Waals surface area contributed by atoms with Crippen LogP contribution in [0.3, 0.4) is 0 Å². The fourth-order valence-electron chi connectivity index (χ4n) is 3.71. The van der Waals surface area contributed by atoms with Crippen molar-refractivity contribution in [2.75, 3.05) is 6.61 Å². The van der Waals surface area contributed by atoms with Crippen LogP contribution in [0.2, 0.25) is 0 Å². The molecule has 0 saturated carbocycles. The highest BCUT2D eigenvalue weighted by Gasteiger charge is 2.44. The number of hydrogen-bond donors (Lipinski definition) is 1. The monoisotopic (exact) mass is 418 g/mol. The summed E-state index contributed by atoms with van der Waals surface area (Å²) in [5.41, 5.74) is 1.47. The molecule has 0 saturated heterocycles. The van der Waals surface area contributed by atoms with Crippen molar-refractivity contribution < 1.29 is 23.8 Å². The first-order chi connectivity index (χ1) is 15.0. The smallest absolute Gasteiger partial charge is 0.290 e. The van der Waals surface area contributed by atoms with Crippen molar-refractivity contribution in [1.82, 2.24) is 9.88 Å². The molecule has 1 aliphatic heterocycles. The van der Waals surface area contributed by atoms with E-state index in [0.29, 0.717) is 23.7 Å². The number of hydrogen-bond acceptors (Lipinski definition) is 6. The van der Waals surface area contributed by atoms with Gasteiger partial charge in [0.2, 0.25) is 5.78 Å². The molecule has 0 spiro atoms. The maximum absolute atomic E-state index is 13.3. The summed E-state index contributed by atoms with van der Waals surface area (Å²) in [7, 11) is 0. The third-order valence-electron chi connectivity index (χ3n) is 5.10. The molecule has 158 valence electrons. The molecule has 0 radical (unpaired) electrons. The Kier molecular flexibility index (Phi) is 5.58. The van der Waals surface area contributed by atoms with E-state index in [2.05, 4.69) is 4.98 Å². The summed E-state index contributed by atoms with van der Waals surface area (Å²) in [5.74, 6) is -0.457. The van der Waals surface area contributed by atoms with Gasteiger partial charge in [-0.1, -0.05) is 12.1 Å². The van der Waals surface area contributed by atoms with Gasteiger partial charge in [0.05, 0.1) is 18.2 Å². The number of amides is 1. The number of ether oxygens (including phenoxy) is 1. The van der Waals surface area contributed by atoms with Gasteiger partial charge in [-0.05, 0) is 61.4 Å². The number of Topliss-reactive ketones (excluding diaryl/α,β-unsaturated/α-hetero) is 1. The molecule has 0 bridgehead atoms. The van der Waals surface area contributed by atoms with Crippen LogP contribution in [-0.4, -0.2) is 33.3 Å². The molecule has 0 aliphatic carbocycles. The van der Waals surface area contributed by atoms with Crippen LogP contribution >= 0.6 is 0 Å². The zero-order valence-electron chi connectivity index (χ0n) is 17.2. The third kappa shape index (κ3) is 3.94. The van der Waals surface area contributed by atoms with Gasteiger partial charge in [-0.3, -0.25) is 14.6 Å². The number of aryl methyl sites for hydroxylation is 1. The summed E-state index contributed by atoms with van der Waals surface area (Å²) in [6.45, 7) is 4.28. The molecule has 31 heavy (non-hydrogen) atoms. The molecule has 2 aromatic heterocycles. The van der Waals surface area contributed by atoms with Gasteiger partial charge in [0.15, 0.2) is 11.5 Å². The van der Waals surface area contributed by atoms with Crippen LogP contribution < -0.4 is 4.74 Å². The van der Waals surface area contributed by atoms with Crippen LogP contribution in [0.5, 0.6) is 5.75 Å². The minimum atomic E-state index is -0.793. The van der Waals surface area contributed by atoms with Gasteiger partial charge in [-0.2, -0.15) is 0 Å². The van der Waals surface area contributed by atoms with Gasteiger partial charge in [-0.15, -0.1) is 0 Å². The number of carbonyl (C=O) groups is 2. The van der Waals surface area contributed by atoms with Crippen LogP contribution in [0, 0.1) is 6.92 Å². The minimum absolute atomic E-state index is 0.0120. The second kappa shape index (κ2) is 8.47. The van der Waals surface area contributed by atoms with E-state index < -0.39 is 23.5 Å². The zero-order chi connectivity index (χ0) is 22.0. The Morgan fingerprint density at radius 1 is 1.19 bits per heavy atom. The molecule has 1 aliphatic rings. The number of pyridine rings is 1. The quantitative estimate of drug-likeness (QED) is 0.579. The highest BCUT2D eigenvalue weighted by Crippen LogP contribution is 2.40. The Morgan fingerprint density at radius 3 is 2.65 bits per heavy atom. The van der Waals surface area contributed by atoms with Crippen LogP contribution in [0.4, 0.5) is 0 Å². The molecule has 0 unspecified atom stereocenters. The van der Waals surface area contributed by atoms with E-state index in [4.69, 9.17) is 9.15 Å². The van der Waals surface area contributed by atoms with Gasteiger partial charge in [0.1, 0.15) is 11.5 Å². The number of aliphatic hydroxyl groups excluding tert-OH is 1. The lowest BCUT2D eigenvalue weighted by atomic mass is 9.94. The predicted molar refractivity (Wildman–Crippen MR) is 113 cm³/mol. The number of carbonyl (C=O) groups excluding carboxylic acids is 2. The average Bonchev–Trinajstić information content (AvgIpc) is 3.31. The van der Waals surface area contributed by atoms with Gasteiger partial charge in [0.25, 0.3) is 5.91 Å². The zero-order valence-corrected chi connectivity index (χ0v) is 17.2. The van der Waals surface area contributed by atoms with E-state index in [1.165, 1.54) is 4.90 Å². The van der Waals surface area contributed by atoms with E-state index in [0.717, 1.165) is 5.56 Å². The summed E-state index contributed by atoms with van der Waals surface area (Å²) in [6, 6.07) is 13.2. The Bertz CT molecular complexity index is 1150. The summed E-state index contributed by atoms with van der Waals surface area (Å²) < 4.78 is 11.1. The number of nitrogens with zero attached hydrogens (tertiary/aromatic N) is 2. The highest BCUT2D eigenvalue weighted by molar-refractivity contribution is 6.15. The van der Waals surface area contributed by atoms with Crippen LogP contribution in [0.15, 0.2) is 76.7 Å². The molecule has 3 heterocycles. The van der Waals surface area contributed by atoms with Crippen molar-refractivity contribution in [3.63, 3.8) is 0 Å². The molecule has 3 aromatic rings. The first kappa shape index (κ1) is 20.4. The van der Waals surface area contributed by atoms with Crippen molar-refractivity contribution in [2.24, 2.45) is 0 Å². The van der Waals surface area contributed by atoms with Crippen LogP contribution in [-0.2, 0) is 11.3 Å². The maximum atomic E-state index is 13.3. The molecule has 1 atom stereocenters. The average molecular weight is 418 g/mol. The van der Waals surface area contributed by atoms with E-state index >= 15 is 0 Å². The molecule has 1 amide bonds. The van der Waals surface area contributed by atoms with Crippen LogP contribution in [0.25, 0.3) is 0 Å². The molecular weight excluding hydrogens is 396 g/mol. The Labute approximate surface area is 179 Å². The predicted octanol–water partition coefficient (Wildman–Crippen LogP) is 4.16. The van der Waals surface area contributed by atoms with Gasteiger partial charge in [0, 0.05) is 18.9 Å². The number of rotatable bonds is 7. The van der Waals surface area contributed by atoms with E-state index in [-0.39, 0.29) is 17.9 Å². The fourth-order valence-corrected chi connectivity index (χ4v) is 3.71. The molecular formula is C24H22N2O5. The van der Waals surface area contributed by atoms with Crippen molar-refractivity contribution >= 4 is 11.7 Å². The molecule has 1 N–H and O–H groups in total. The molecule has 0 fully saturated rings. The third-order valence-corrected chi connectivity index (χ3v) is 5.10. The fraction of sp³-hybridized carbons (Fsp3) is 0.208. The van der Waals surface area contributed by atoms with E-state index in [1.807, 2.05) is 6.92 Å². The number of benzene rings is 1. The SMILES string of the molecule is CCOc1cccc([C@H]2C(C(=O)c3ccc(C)o3)=C(O)C(=O)N2Cc2ccncc2)c1. The standard InChI is InChI=1S/C24H22N2O5/c1-3-30-18-6-4-5-17(13-18)21-20(22(27)19-8-7-15(2)31-19)23(28)24(29)26(21)14-16-9-11-25-12-10-16/h4-13,21,28H,3,14H2,1-2H3/t21-/m0/s1. The summed E-state index contributed by atoms with van der Waals surface area (Å²) in [4.78, 5) is 31.8. The van der Waals surface area contributed by atoms with Gasteiger partial charge >= 0.3 is 0 Å². The number of aliphatic hydroxyl groups is 1. The molecule has 7 heteroatoms. The first-order valence-corrected chi connectivity index (χ1v) is 9.96. The normalized spacial score (nSPS) is 16.1. The van der Waals surface area contributed by atoms with Crippen molar-refractivity contribution in [3.8, 4) is 5.75 Å². The highest BCUT2D eigenvalue weighted by atomic mass is 16.5. The Hall–Kier alpha value is -3.87. The number of ketones is 1. The lowest BCUT2D eigenvalue weighted by molar-refractivity contribution is -0.130. The lowest BCUT2D eigenvalue weighted by Crippen LogP contribution is -2.30. The van der Waals surface area contributed by atoms with E-state index in [1.54, 1.807) is 67.8 Å². The lowest BCUT2D eigenvalue weighted by Gasteiger charge is -2.27. The summed E-state index contributed by atoms with van der Waals surface area (Å²) in [5, 5.41) is 10.7. The van der Waals surface area contributed by atoms with Crippen LogP contribution in [0.1, 0.15) is 40.4 Å². The Balaban J connectivity index is 1.80. The molecule has 7 nitrogen and oxygen atoms in total. The van der Waals surface area contributed by atoms with Crippen molar-refractivity contribution in [2.45, 2.75) is 26.4 Å². The minimum Gasteiger partial charge on any atom is -0.503 e. The number of furan rings is 1. The summed E-state index contributed by atoms with van der Waals surface area (Å²) in [6.07, 6.45) is 3.26. The second-order valence-electron chi connectivity index (χ2n) is 7.20. The van der Waals surface area contributed by atoms with Crippen molar-refractivity contribution in [3.05, 3.63) is 94.9 Å². The van der Waals surface area contributed by atoms with Crippen molar-refractivity contribution in [1.29, 1.82) is 0 Å². The summed E-state index contributed by atoms with van der Waals surface area (Å²) >= 11 is 0. The number of aromatic nitrogens is 1. The largest absolute Gasteiger partial charge is 0.503 e. The second-order valence-corrected chi connectivity index (χ2v) is 7.20. The van der Waals surface area contributed by atoms with Gasteiger partial charge in [-0.25, -0.2) is 0 Å². The van der Waals surface area contributed by atoms with Gasteiger partial charge < -0.3 is 19.2 Å². The first-order valence-electron chi connectivity index (χ1n) is 9.96. The molecule has 1 aromatic carbocycles. The Morgan fingerprint density at radius 2 is 1.97 bits per heavy atom. The maximum Gasteiger partial charge on any atom is 0.290 e. The van der Waals surface area contributed by atoms with E-state index in [9.17, 15) is 14.7 Å².